The van der Waals surface area contributed by atoms with Crippen molar-refractivity contribution in [3.63, 3.8) is 0 Å². The molecule has 16 heavy (non-hydrogen) atoms. The number of thioether (sulfide) groups is 1. The average Bonchev–Trinajstić information content (AvgIpc) is 2.80. The molecule has 4 heteroatoms. The minimum Gasteiger partial charge on any atom is -0.360 e. The van der Waals surface area contributed by atoms with E-state index in [-0.39, 0.29) is 5.54 Å². The monoisotopic (exact) mass is 254 g/mol. The van der Waals surface area contributed by atoms with Crippen LogP contribution in [0.5, 0.6) is 0 Å². The van der Waals surface area contributed by atoms with Crippen LogP contribution in [0.15, 0.2) is 21.8 Å². The minimum absolute atomic E-state index is 0.249. The molecule has 0 aliphatic carbocycles. The first kappa shape index (κ1) is 12.0. The van der Waals surface area contributed by atoms with Crippen LogP contribution in [0.3, 0.4) is 0 Å². The van der Waals surface area contributed by atoms with E-state index in [0.29, 0.717) is 0 Å². The topological polar surface area (TPSA) is 24.4 Å². The molecule has 0 spiro atoms. The highest BCUT2D eigenvalue weighted by molar-refractivity contribution is 8.13. The molecule has 0 radical (unpaired) electrons. The summed E-state index contributed by atoms with van der Waals surface area (Å²) in [7, 11) is 0. The van der Waals surface area contributed by atoms with Gasteiger partial charge in [-0.15, -0.1) is 0 Å². The summed E-state index contributed by atoms with van der Waals surface area (Å²) in [6.45, 7) is 5.32. The maximum atomic E-state index is 4.64. The van der Waals surface area contributed by atoms with Crippen molar-refractivity contribution in [3.05, 3.63) is 22.4 Å². The lowest BCUT2D eigenvalue weighted by Gasteiger charge is -2.35. The number of rotatable bonds is 3. The van der Waals surface area contributed by atoms with Crippen molar-refractivity contribution in [3.8, 4) is 0 Å². The maximum Gasteiger partial charge on any atom is 0.157 e. The Morgan fingerprint density at radius 1 is 1.56 bits per heavy atom. The largest absolute Gasteiger partial charge is 0.360 e. The van der Waals surface area contributed by atoms with Crippen LogP contribution in [0.1, 0.15) is 32.3 Å². The predicted octanol–water partition coefficient (Wildman–Crippen LogP) is 3.50. The van der Waals surface area contributed by atoms with Gasteiger partial charge >= 0.3 is 0 Å². The van der Waals surface area contributed by atoms with Crippen molar-refractivity contribution in [2.24, 2.45) is 4.99 Å². The molecule has 0 bridgehead atoms. The van der Waals surface area contributed by atoms with Gasteiger partial charge in [-0.05, 0) is 42.2 Å². The highest BCUT2D eigenvalue weighted by atomic mass is 32.2. The van der Waals surface area contributed by atoms with E-state index in [1.54, 1.807) is 11.3 Å². The van der Waals surface area contributed by atoms with Crippen LogP contribution in [-0.2, 0) is 6.54 Å². The number of amidine groups is 1. The van der Waals surface area contributed by atoms with Crippen molar-refractivity contribution < 1.29 is 0 Å². The molecule has 1 fully saturated rings. The van der Waals surface area contributed by atoms with Gasteiger partial charge in [0.05, 0.1) is 6.54 Å². The number of nitrogens with zero attached hydrogens (tertiary/aromatic N) is 1. The Bertz CT molecular complexity index is 359. The molecule has 0 saturated carbocycles. The molecule has 1 aromatic heterocycles. The van der Waals surface area contributed by atoms with Crippen molar-refractivity contribution in [1.29, 1.82) is 0 Å². The summed E-state index contributed by atoms with van der Waals surface area (Å²) in [5, 5.41) is 8.94. The quantitative estimate of drug-likeness (QED) is 0.893. The fraction of sp³-hybridized carbons (Fsp3) is 0.583. The second-order valence-electron chi connectivity index (χ2n) is 4.39. The van der Waals surface area contributed by atoms with Crippen molar-refractivity contribution in [2.45, 2.75) is 38.8 Å². The van der Waals surface area contributed by atoms with E-state index in [2.05, 4.69) is 41.0 Å². The summed E-state index contributed by atoms with van der Waals surface area (Å²) in [4.78, 5) is 4.64. The molecule has 1 aromatic rings. The average molecular weight is 254 g/mol. The summed E-state index contributed by atoms with van der Waals surface area (Å²) in [5.41, 5.74) is 1.56. The Balaban J connectivity index is 1.96. The molecular weight excluding hydrogens is 236 g/mol. The lowest BCUT2D eigenvalue weighted by Crippen LogP contribution is -2.48. The van der Waals surface area contributed by atoms with E-state index in [9.17, 15) is 0 Å². The van der Waals surface area contributed by atoms with Gasteiger partial charge in [-0.25, -0.2) is 0 Å². The van der Waals surface area contributed by atoms with Crippen molar-refractivity contribution in [1.82, 2.24) is 5.32 Å². The Hall–Kier alpha value is -0.480. The SMILES string of the molecule is CCC1(C)CCSC(=NCc2ccsc2)N1. The molecule has 1 unspecified atom stereocenters. The first-order valence-corrected chi connectivity index (χ1v) is 7.61. The molecule has 88 valence electrons. The highest BCUT2D eigenvalue weighted by Gasteiger charge is 2.27. The fourth-order valence-corrected chi connectivity index (χ4v) is 3.51. The molecule has 1 atom stereocenters. The molecule has 1 saturated heterocycles. The van der Waals surface area contributed by atoms with E-state index in [4.69, 9.17) is 0 Å². The van der Waals surface area contributed by atoms with Gasteiger partial charge in [0.25, 0.3) is 0 Å². The Morgan fingerprint density at radius 2 is 2.44 bits per heavy atom. The van der Waals surface area contributed by atoms with E-state index in [0.717, 1.165) is 18.1 Å². The number of thiophene rings is 1. The third kappa shape index (κ3) is 3.01. The van der Waals surface area contributed by atoms with Crippen LogP contribution in [0.25, 0.3) is 0 Å². The molecule has 0 aromatic carbocycles. The molecule has 2 rings (SSSR count). The van der Waals surface area contributed by atoms with Crippen LogP contribution in [0, 0.1) is 0 Å². The first-order chi connectivity index (χ1) is 7.72. The van der Waals surface area contributed by atoms with Crippen LogP contribution in [-0.4, -0.2) is 16.5 Å². The Labute approximate surface area is 106 Å². The van der Waals surface area contributed by atoms with E-state index in [1.807, 2.05) is 11.8 Å². The lowest BCUT2D eigenvalue weighted by molar-refractivity contribution is 0.390. The van der Waals surface area contributed by atoms with Crippen molar-refractivity contribution >= 4 is 28.3 Å². The van der Waals surface area contributed by atoms with Crippen LogP contribution in [0.2, 0.25) is 0 Å². The maximum absolute atomic E-state index is 4.64. The normalized spacial score (nSPS) is 28.0. The molecule has 0 amide bonds. The standard InChI is InChI=1S/C12H18N2S2/c1-3-12(2)5-7-16-11(14-12)13-8-10-4-6-15-9-10/h4,6,9H,3,5,7-8H2,1-2H3,(H,13,14). The summed E-state index contributed by atoms with van der Waals surface area (Å²) in [6, 6.07) is 2.14. The summed E-state index contributed by atoms with van der Waals surface area (Å²) in [5.74, 6) is 1.18. The second kappa shape index (κ2) is 5.23. The van der Waals surface area contributed by atoms with Crippen LogP contribution < -0.4 is 5.32 Å². The first-order valence-electron chi connectivity index (χ1n) is 5.68. The van der Waals surface area contributed by atoms with Gasteiger partial charge < -0.3 is 5.32 Å². The predicted molar refractivity (Wildman–Crippen MR) is 74.4 cm³/mol. The van der Waals surface area contributed by atoms with Gasteiger partial charge in [0, 0.05) is 11.3 Å². The Morgan fingerprint density at radius 3 is 3.12 bits per heavy atom. The highest BCUT2D eigenvalue weighted by Crippen LogP contribution is 2.25. The number of nitrogens with one attached hydrogen (secondary N) is 1. The van der Waals surface area contributed by atoms with Gasteiger partial charge in [0.2, 0.25) is 0 Å². The zero-order chi connectivity index (χ0) is 11.4. The molecule has 1 aliphatic heterocycles. The lowest BCUT2D eigenvalue weighted by atomic mass is 9.96. The molecule has 1 aliphatic rings. The summed E-state index contributed by atoms with van der Waals surface area (Å²) in [6.07, 6.45) is 2.39. The van der Waals surface area contributed by atoms with E-state index < -0.39 is 0 Å². The molecule has 2 nitrogen and oxygen atoms in total. The fourth-order valence-electron chi connectivity index (χ4n) is 1.63. The zero-order valence-corrected chi connectivity index (χ0v) is 11.5. The van der Waals surface area contributed by atoms with Crippen molar-refractivity contribution in [2.75, 3.05) is 5.75 Å². The van der Waals surface area contributed by atoms with Crippen LogP contribution >= 0.6 is 23.1 Å². The smallest absolute Gasteiger partial charge is 0.157 e. The molecular formula is C12H18N2S2. The third-order valence-electron chi connectivity index (χ3n) is 3.07. The zero-order valence-electron chi connectivity index (χ0n) is 9.82. The molecule has 1 N–H and O–H groups in total. The molecule has 2 heterocycles. The number of hydrogen-bond acceptors (Lipinski definition) is 3. The van der Waals surface area contributed by atoms with Crippen LogP contribution in [0.4, 0.5) is 0 Å². The Kier molecular flexibility index (Phi) is 3.92. The van der Waals surface area contributed by atoms with E-state index in [1.165, 1.54) is 17.7 Å². The van der Waals surface area contributed by atoms with Gasteiger partial charge in [0.15, 0.2) is 5.17 Å². The number of aliphatic imine (C=N–C) groups is 1. The number of hydrogen-bond donors (Lipinski definition) is 1. The third-order valence-corrected chi connectivity index (χ3v) is 4.71. The van der Waals surface area contributed by atoms with Gasteiger partial charge in [-0.2, -0.15) is 11.3 Å². The van der Waals surface area contributed by atoms with Gasteiger partial charge in [-0.1, -0.05) is 18.7 Å². The summed E-state index contributed by atoms with van der Waals surface area (Å²) >= 11 is 3.58. The van der Waals surface area contributed by atoms with E-state index >= 15 is 0 Å². The summed E-state index contributed by atoms with van der Waals surface area (Å²) < 4.78 is 0. The second-order valence-corrected chi connectivity index (χ2v) is 6.25. The van der Waals surface area contributed by atoms with Gasteiger partial charge in [-0.3, -0.25) is 4.99 Å². The van der Waals surface area contributed by atoms with Gasteiger partial charge in [0.1, 0.15) is 0 Å². The minimum atomic E-state index is 0.249.